The van der Waals surface area contributed by atoms with E-state index in [0.29, 0.717) is 6.04 Å². The summed E-state index contributed by atoms with van der Waals surface area (Å²) in [6, 6.07) is 9.19. The zero-order valence-electron chi connectivity index (χ0n) is 10.7. The van der Waals surface area contributed by atoms with Gasteiger partial charge in [0.1, 0.15) is 5.82 Å². The first-order chi connectivity index (χ1) is 8.65. The Bertz CT molecular complexity index is 464. The number of benzene rings is 1. The second-order valence-electron chi connectivity index (χ2n) is 4.68. The number of hydrogen-bond acceptors (Lipinski definition) is 2. The van der Waals surface area contributed by atoms with Gasteiger partial charge in [0.2, 0.25) is 0 Å². The van der Waals surface area contributed by atoms with E-state index >= 15 is 0 Å². The second kappa shape index (κ2) is 5.83. The van der Waals surface area contributed by atoms with Crippen LogP contribution in [0, 0.1) is 5.82 Å². The van der Waals surface area contributed by atoms with Gasteiger partial charge in [-0.05, 0) is 44.0 Å². The third-order valence-electron chi connectivity index (χ3n) is 3.03. The first-order valence-corrected chi connectivity index (χ1v) is 6.17. The van der Waals surface area contributed by atoms with Crippen LogP contribution >= 0.6 is 0 Å². The minimum atomic E-state index is -0.189. The van der Waals surface area contributed by atoms with E-state index in [0.717, 1.165) is 17.5 Å². The van der Waals surface area contributed by atoms with Crippen molar-refractivity contribution in [2.75, 3.05) is 0 Å². The lowest BCUT2D eigenvalue weighted by Gasteiger charge is -2.19. The molecule has 3 heteroatoms. The van der Waals surface area contributed by atoms with Gasteiger partial charge in [0.25, 0.3) is 0 Å². The third kappa shape index (κ3) is 3.44. The molecule has 0 aliphatic carbocycles. The van der Waals surface area contributed by atoms with Crippen LogP contribution in [0.2, 0.25) is 0 Å². The van der Waals surface area contributed by atoms with Gasteiger partial charge in [0.05, 0.1) is 12.5 Å². The molecule has 0 radical (unpaired) electrons. The molecule has 1 aromatic heterocycles. The molecule has 0 fully saturated rings. The second-order valence-corrected chi connectivity index (χ2v) is 4.68. The largest absolute Gasteiger partial charge is 0.472 e. The fourth-order valence-corrected chi connectivity index (χ4v) is 2.08. The number of rotatable bonds is 5. The van der Waals surface area contributed by atoms with Crippen molar-refractivity contribution in [3.8, 4) is 0 Å². The molecule has 0 saturated heterocycles. The van der Waals surface area contributed by atoms with Crippen LogP contribution in [0.4, 0.5) is 4.39 Å². The Morgan fingerprint density at radius 1 is 1.17 bits per heavy atom. The average Bonchev–Trinajstić information content (AvgIpc) is 2.85. The van der Waals surface area contributed by atoms with E-state index in [1.807, 2.05) is 18.2 Å². The molecule has 0 spiro atoms. The van der Waals surface area contributed by atoms with Crippen molar-refractivity contribution in [1.82, 2.24) is 5.32 Å². The molecule has 2 aromatic rings. The summed E-state index contributed by atoms with van der Waals surface area (Å²) in [5.41, 5.74) is 2.27. The van der Waals surface area contributed by atoms with Crippen molar-refractivity contribution in [2.45, 2.75) is 32.4 Å². The summed E-state index contributed by atoms with van der Waals surface area (Å²) in [6.07, 6.45) is 4.31. The van der Waals surface area contributed by atoms with Gasteiger partial charge in [-0.3, -0.25) is 0 Å². The van der Waals surface area contributed by atoms with Gasteiger partial charge in [-0.1, -0.05) is 12.1 Å². The number of halogens is 1. The molecule has 2 atom stereocenters. The zero-order chi connectivity index (χ0) is 13.0. The van der Waals surface area contributed by atoms with E-state index in [1.54, 1.807) is 12.5 Å². The predicted octanol–water partition coefficient (Wildman–Crippen LogP) is 3.70. The Morgan fingerprint density at radius 3 is 2.50 bits per heavy atom. The van der Waals surface area contributed by atoms with Crippen molar-refractivity contribution >= 4 is 0 Å². The number of hydrogen-bond donors (Lipinski definition) is 1. The Hall–Kier alpha value is -1.61. The van der Waals surface area contributed by atoms with Crippen molar-refractivity contribution in [3.63, 3.8) is 0 Å². The molecule has 96 valence electrons. The molecule has 0 aliphatic heterocycles. The van der Waals surface area contributed by atoms with Crippen LogP contribution in [0.15, 0.2) is 47.3 Å². The standard InChI is InChI=1S/C15H18FNO/c1-11(9-13-3-5-15(16)6-4-13)17-12(2)14-7-8-18-10-14/h3-8,10-12,17H,9H2,1-2H3. The molecule has 0 saturated carbocycles. The highest BCUT2D eigenvalue weighted by Gasteiger charge is 2.10. The lowest BCUT2D eigenvalue weighted by atomic mass is 10.1. The smallest absolute Gasteiger partial charge is 0.123 e. The molecule has 1 N–H and O–H groups in total. The lowest BCUT2D eigenvalue weighted by molar-refractivity contribution is 0.471. The molecule has 2 unspecified atom stereocenters. The van der Waals surface area contributed by atoms with Crippen molar-refractivity contribution in [3.05, 3.63) is 59.8 Å². The number of furan rings is 1. The summed E-state index contributed by atoms with van der Waals surface area (Å²) in [4.78, 5) is 0. The lowest BCUT2D eigenvalue weighted by Crippen LogP contribution is -2.30. The third-order valence-corrected chi connectivity index (χ3v) is 3.03. The summed E-state index contributed by atoms with van der Waals surface area (Å²) < 4.78 is 17.9. The van der Waals surface area contributed by atoms with E-state index < -0.39 is 0 Å². The SMILES string of the molecule is CC(Cc1ccc(F)cc1)NC(C)c1ccoc1. The molecule has 0 bridgehead atoms. The molecular weight excluding hydrogens is 229 g/mol. The van der Waals surface area contributed by atoms with Crippen molar-refractivity contribution in [1.29, 1.82) is 0 Å². The van der Waals surface area contributed by atoms with Crippen LogP contribution in [0.25, 0.3) is 0 Å². The highest BCUT2D eigenvalue weighted by Crippen LogP contribution is 2.14. The van der Waals surface area contributed by atoms with E-state index in [9.17, 15) is 4.39 Å². The molecule has 1 heterocycles. The quantitative estimate of drug-likeness (QED) is 0.871. The molecule has 0 aliphatic rings. The maximum atomic E-state index is 12.8. The zero-order valence-corrected chi connectivity index (χ0v) is 10.7. The molecule has 2 rings (SSSR count). The topological polar surface area (TPSA) is 25.2 Å². The monoisotopic (exact) mass is 247 g/mol. The van der Waals surface area contributed by atoms with Crippen LogP contribution in [0.1, 0.15) is 31.0 Å². The Kier molecular flexibility index (Phi) is 4.15. The number of nitrogens with one attached hydrogen (secondary N) is 1. The Morgan fingerprint density at radius 2 is 1.89 bits per heavy atom. The van der Waals surface area contributed by atoms with Crippen LogP contribution in [0.3, 0.4) is 0 Å². The van der Waals surface area contributed by atoms with E-state index in [-0.39, 0.29) is 11.9 Å². The van der Waals surface area contributed by atoms with Gasteiger partial charge in [0.15, 0.2) is 0 Å². The molecule has 2 nitrogen and oxygen atoms in total. The normalized spacial score (nSPS) is 14.4. The van der Waals surface area contributed by atoms with Crippen molar-refractivity contribution in [2.24, 2.45) is 0 Å². The van der Waals surface area contributed by atoms with Gasteiger partial charge in [-0.25, -0.2) is 4.39 Å². The average molecular weight is 247 g/mol. The summed E-state index contributed by atoms with van der Waals surface area (Å²) in [5, 5.41) is 3.49. The summed E-state index contributed by atoms with van der Waals surface area (Å²) in [6.45, 7) is 4.23. The molecule has 0 amide bonds. The Labute approximate surface area is 107 Å². The summed E-state index contributed by atoms with van der Waals surface area (Å²) in [7, 11) is 0. The van der Waals surface area contributed by atoms with Gasteiger partial charge >= 0.3 is 0 Å². The highest BCUT2D eigenvalue weighted by molar-refractivity contribution is 5.17. The first-order valence-electron chi connectivity index (χ1n) is 6.17. The first kappa shape index (κ1) is 12.8. The molecular formula is C15H18FNO. The highest BCUT2D eigenvalue weighted by atomic mass is 19.1. The minimum Gasteiger partial charge on any atom is -0.472 e. The van der Waals surface area contributed by atoms with Gasteiger partial charge < -0.3 is 9.73 Å². The Balaban J connectivity index is 1.88. The predicted molar refractivity (Wildman–Crippen MR) is 69.8 cm³/mol. The van der Waals surface area contributed by atoms with Gasteiger partial charge in [-0.2, -0.15) is 0 Å². The van der Waals surface area contributed by atoms with Crippen LogP contribution in [-0.2, 0) is 6.42 Å². The van der Waals surface area contributed by atoms with Crippen molar-refractivity contribution < 1.29 is 8.81 Å². The molecule has 18 heavy (non-hydrogen) atoms. The summed E-state index contributed by atoms with van der Waals surface area (Å²) in [5.74, 6) is -0.189. The minimum absolute atomic E-state index is 0.189. The van der Waals surface area contributed by atoms with Crippen LogP contribution in [-0.4, -0.2) is 6.04 Å². The van der Waals surface area contributed by atoms with Crippen LogP contribution < -0.4 is 5.32 Å². The van der Waals surface area contributed by atoms with E-state index in [1.165, 1.54) is 12.1 Å². The summed E-state index contributed by atoms with van der Waals surface area (Å²) >= 11 is 0. The maximum absolute atomic E-state index is 12.8. The maximum Gasteiger partial charge on any atom is 0.123 e. The van der Waals surface area contributed by atoms with E-state index in [2.05, 4.69) is 19.2 Å². The molecule has 1 aromatic carbocycles. The fourth-order valence-electron chi connectivity index (χ4n) is 2.08. The van der Waals surface area contributed by atoms with Gasteiger partial charge in [-0.15, -0.1) is 0 Å². The fraction of sp³-hybridized carbons (Fsp3) is 0.333. The van der Waals surface area contributed by atoms with Gasteiger partial charge in [0, 0.05) is 17.6 Å². The van der Waals surface area contributed by atoms with Crippen LogP contribution in [0.5, 0.6) is 0 Å². The van der Waals surface area contributed by atoms with E-state index in [4.69, 9.17) is 4.42 Å².